The third kappa shape index (κ3) is 5.59. The number of anilines is 1. The van der Waals surface area contributed by atoms with Gasteiger partial charge in [0.15, 0.2) is 6.61 Å². The molecule has 0 aliphatic heterocycles. The molecule has 0 saturated carbocycles. The summed E-state index contributed by atoms with van der Waals surface area (Å²) >= 11 is 0. The third-order valence-electron chi connectivity index (χ3n) is 3.87. The highest BCUT2D eigenvalue weighted by Gasteiger charge is 2.28. The topological polar surface area (TPSA) is 79.9 Å². The van der Waals surface area contributed by atoms with Gasteiger partial charge in [0, 0.05) is 23.6 Å². The molecule has 9 heteroatoms. The molecule has 3 aromatic rings. The summed E-state index contributed by atoms with van der Waals surface area (Å²) in [7, 11) is 0. The summed E-state index contributed by atoms with van der Waals surface area (Å²) in [5, 5.41) is 15.9. The first-order valence-electron chi connectivity index (χ1n) is 8.45. The average molecular weight is 400 g/mol. The van der Waals surface area contributed by atoms with Crippen molar-refractivity contribution < 1.29 is 22.7 Å². The van der Waals surface area contributed by atoms with Crippen LogP contribution < -0.4 is 10.1 Å². The third-order valence-corrected chi connectivity index (χ3v) is 3.87. The zero-order chi connectivity index (χ0) is 20.9. The Bertz CT molecular complexity index is 1020. The second kappa shape index (κ2) is 8.48. The van der Waals surface area contributed by atoms with Crippen molar-refractivity contribution in [2.75, 3.05) is 11.9 Å². The standard InChI is InChI=1S/C20H15F3N4O2/c21-20(22,23)13-29-18-7-6-17(10-16(18)11-24)26-19(28)15-4-2-14(3-5-15)12-27-9-1-8-25-27/h1-10H,12-13H2,(H,26,28). The van der Waals surface area contributed by atoms with Gasteiger partial charge in [-0.2, -0.15) is 23.5 Å². The summed E-state index contributed by atoms with van der Waals surface area (Å²) in [5.74, 6) is -0.616. The van der Waals surface area contributed by atoms with Gasteiger partial charge >= 0.3 is 6.18 Å². The van der Waals surface area contributed by atoms with E-state index in [1.807, 2.05) is 12.3 Å². The largest absolute Gasteiger partial charge is 0.483 e. The number of nitriles is 1. The molecule has 0 aliphatic rings. The predicted molar refractivity (Wildman–Crippen MR) is 98.4 cm³/mol. The molecule has 0 fully saturated rings. The fraction of sp³-hybridized carbons (Fsp3) is 0.150. The van der Waals surface area contributed by atoms with Crippen LogP contribution in [0.15, 0.2) is 60.9 Å². The van der Waals surface area contributed by atoms with Crippen LogP contribution in [0.4, 0.5) is 18.9 Å². The van der Waals surface area contributed by atoms with Gasteiger partial charge in [-0.25, -0.2) is 0 Å². The van der Waals surface area contributed by atoms with Crippen LogP contribution >= 0.6 is 0 Å². The van der Waals surface area contributed by atoms with Crippen molar-refractivity contribution in [1.29, 1.82) is 5.26 Å². The number of nitrogens with one attached hydrogen (secondary N) is 1. The number of carbonyl (C=O) groups excluding carboxylic acids is 1. The summed E-state index contributed by atoms with van der Waals surface area (Å²) < 4.78 is 43.2. The Kier molecular flexibility index (Phi) is 5.83. The Morgan fingerprint density at radius 3 is 2.59 bits per heavy atom. The molecular formula is C20H15F3N4O2. The van der Waals surface area contributed by atoms with Gasteiger partial charge in [-0.05, 0) is 42.0 Å². The van der Waals surface area contributed by atoms with Gasteiger partial charge in [-0.15, -0.1) is 0 Å². The van der Waals surface area contributed by atoms with Crippen LogP contribution in [-0.2, 0) is 6.54 Å². The summed E-state index contributed by atoms with van der Waals surface area (Å²) in [6, 6.07) is 14.3. The molecule has 29 heavy (non-hydrogen) atoms. The van der Waals surface area contributed by atoms with Crippen molar-refractivity contribution in [2.24, 2.45) is 0 Å². The molecule has 0 spiro atoms. The molecular weight excluding hydrogens is 385 g/mol. The first kappa shape index (κ1) is 19.9. The maximum Gasteiger partial charge on any atom is 0.422 e. The number of hydrogen-bond acceptors (Lipinski definition) is 4. The number of amides is 1. The van der Waals surface area contributed by atoms with E-state index in [2.05, 4.69) is 15.2 Å². The number of rotatable bonds is 6. The fourth-order valence-corrected chi connectivity index (χ4v) is 2.53. The summed E-state index contributed by atoms with van der Waals surface area (Å²) in [6.45, 7) is -0.932. The van der Waals surface area contributed by atoms with Gasteiger partial charge in [0.05, 0.1) is 12.1 Å². The van der Waals surface area contributed by atoms with Crippen molar-refractivity contribution in [3.63, 3.8) is 0 Å². The molecule has 2 aromatic carbocycles. The highest BCUT2D eigenvalue weighted by molar-refractivity contribution is 6.04. The highest BCUT2D eigenvalue weighted by atomic mass is 19.4. The molecule has 3 rings (SSSR count). The van der Waals surface area contributed by atoms with Crippen molar-refractivity contribution >= 4 is 11.6 Å². The summed E-state index contributed by atoms with van der Waals surface area (Å²) in [6.07, 6.45) is -1.00. The van der Waals surface area contributed by atoms with E-state index >= 15 is 0 Å². The number of benzene rings is 2. The van der Waals surface area contributed by atoms with Crippen molar-refractivity contribution in [3.05, 3.63) is 77.6 Å². The molecule has 0 unspecified atom stereocenters. The molecule has 0 aliphatic carbocycles. The second-order valence-electron chi connectivity index (χ2n) is 6.08. The minimum Gasteiger partial charge on any atom is -0.483 e. The van der Waals surface area contributed by atoms with Crippen LogP contribution in [0.25, 0.3) is 0 Å². The Morgan fingerprint density at radius 1 is 1.21 bits per heavy atom. The number of alkyl halides is 3. The molecule has 0 radical (unpaired) electrons. The number of carbonyl (C=O) groups is 1. The van der Waals surface area contributed by atoms with Gasteiger partial charge in [0.1, 0.15) is 11.8 Å². The zero-order valence-electron chi connectivity index (χ0n) is 15.0. The van der Waals surface area contributed by atoms with Crippen LogP contribution in [0.2, 0.25) is 0 Å². The average Bonchev–Trinajstić information content (AvgIpc) is 3.19. The Hall–Kier alpha value is -3.80. The molecule has 1 N–H and O–H groups in total. The van der Waals surface area contributed by atoms with E-state index in [0.717, 1.165) is 5.56 Å². The summed E-state index contributed by atoms with van der Waals surface area (Å²) in [4.78, 5) is 12.4. The molecule has 0 bridgehead atoms. The van der Waals surface area contributed by atoms with E-state index in [1.54, 1.807) is 41.2 Å². The zero-order valence-corrected chi connectivity index (χ0v) is 15.0. The SMILES string of the molecule is N#Cc1cc(NC(=O)c2ccc(Cn3cccn3)cc2)ccc1OCC(F)(F)F. The lowest BCUT2D eigenvalue weighted by Crippen LogP contribution is -2.19. The van der Waals surface area contributed by atoms with Crippen LogP contribution in [-0.4, -0.2) is 28.5 Å². The number of hydrogen-bond donors (Lipinski definition) is 1. The van der Waals surface area contributed by atoms with Crippen molar-refractivity contribution in [2.45, 2.75) is 12.7 Å². The van der Waals surface area contributed by atoms with Crippen LogP contribution in [0.3, 0.4) is 0 Å². The smallest absolute Gasteiger partial charge is 0.422 e. The van der Waals surface area contributed by atoms with E-state index in [9.17, 15) is 18.0 Å². The first-order valence-corrected chi connectivity index (χ1v) is 8.45. The maximum absolute atomic E-state index is 12.4. The number of nitrogens with zero attached hydrogens (tertiary/aromatic N) is 3. The molecule has 1 amide bonds. The monoisotopic (exact) mass is 400 g/mol. The van der Waals surface area contributed by atoms with E-state index < -0.39 is 18.7 Å². The van der Waals surface area contributed by atoms with Gasteiger partial charge in [-0.3, -0.25) is 9.48 Å². The van der Waals surface area contributed by atoms with Gasteiger partial charge < -0.3 is 10.1 Å². The normalized spacial score (nSPS) is 11.0. The van der Waals surface area contributed by atoms with Gasteiger partial charge in [0.2, 0.25) is 0 Å². The number of ether oxygens (including phenoxy) is 1. The highest BCUT2D eigenvalue weighted by Crippen LogP contribution is 2.25. The first-order chi connectivity index (χ1) is 13.8. The van der Waals surface area contributed by atoms with Crippen LogP contribution in [0, 0.1) is 11.3 Å². The Balaban J connectivity index is 1.66. The lowest BCUT2D eigenvalue weighted by molar-refractivity contribution is -0.153. The van der Waals surface area contributed by atoms with E-state index in [-0.39, 0.29) is 17.0 Å². The maximum atomic E-state index is 12.4. The quantitative estimate of drug-likeness (QED) is 0.678. The lowest BCUT2D eigenvalue weighted by Gasteiger charge is -2.12. The fourth-order valence-electron chi connectivity index (χ4n) is 2.53. The van der Waals surface area contributed by atoms with Crippen LogP contribution in [0.5, 0.6) is 5.75 Å². The number of aromatic nitrogens is 2. The van der Waals surface area contributed by atoms with Crippen molar-refractivity contribution in [1.82, 2.24) is 9.78 Å². The molecule has 148 valence electrons. The minimum absolute atomic E-state index is 0.110. The molecule has 1 heterocycles. The van der Waals surface area contributed by atoms with Gasteiger partial charge in [0.25, 0.3) is 5.91 Å². The second-order valence-corrected chi connectivity index (χ2v) is 6.08. The molecule has 6 nitrogen and oxygen atoms in total. The lowest BCUT2D eigenvalue weighted by atomic mass is 10.1. The van der Waals surface area contributed by atoms with E-state index in [0.29, 0.717) is 12.1 Å². The predicted octanol–water partition coefficient (Wildman–Crippen LogP) is 4.00. The van der Waals surface area contributed by atoms with Gasteiger partial charge in [-0.1, -0.05) is 12.1 Å². The number of halogens is 3. The molecule has 0 saturated heterocycles. The van der Waals surface area contributed by atoms with E-state index in [1.165, 1.54) is 18.2 Å². The van der Waals surface area contributed by atoms with E-state index in [4.69, 9.17) is 5.26 Å². The summed E-state index contributed by atoms with van der Waals surface area (Å²) in [5.41, 5.74) is 1.52. The molecule has 1 aromatic heterocycles. The molecule has 0 atom stereocenters. The Labute approximate surface area is 164 Å². The Morgan fingerprint density at radius 2 is 1.97 bits per heavy atom. The van der Waals surface area contributed by atoms with Crippen LogP contribution in [0.1, 0.15) is 21.5 Å². The minimum atomic E-state index is -4.51. The van der Waals surface area contributed by atoms with Crippen molar-refractivity contribution in [3.8, 4) is 11.8 Å².